The SMILES string of the molecule is CCCN1CCCC2(CCCN2C(=O)Nc2ccc(OC)c(Cl)c2)C1=O. The number of rotatable bonds is 4. The molecule has 0 saturated carbocycles. The lowest BCUT2D eigenvalue weighted by Gasteiger charge is -2.44. The molecule has 26 heavy (non-hydrogen) atoms. The van der Waals surface area contributed by atoms with E-state index in [4.69, 9.17) is 16.3 Å². The van der Waals surface area contributed by atoms with Crippen molar-refractivity contribution in [3.8, 4) is 5.75 Å². The zero-order valence-corrected chi connectivity index (χ0v) is 16.1. The third-order valence-electron chi connectivity index (χ3n) is 5.33. The van der Waals surface area contributed by atoms with Crippen LogP contribution in [0.25, 0.3) is 0 Å². The van der Waals surface area contributed by atoms with Crippen LogP contribution in [-0.2, 0) is 4.79 Å². The van der Waals surface area contributed by atoms with Crippen molar-refractivity contribution >= 4 is 29.2 Å². The number of nitrogens with zero attached hydrogens (tertiary/aromatic N) is 2. The molecule has 0 aromatic heterocycles. The van der Waals surface area contributed by atoms with Crippen LogP contribution in [0.5, 0.6) is 5.75 Å². The second-order valence-electron chi connectivity index (χ2n) is 6.96. The van der Waals surface area contributed by atoms with Gasteiger partial charge in [0.15, 0.2) is 0 Å². The van der Waals surface area contributed by atoms with Gasteiger partial charge in [0.05, 0.1) is 12.1 Å². The molecule has 1 N–H and O–H groups in total. The van der Waals surface area contributed by atoms with E-state index in [9.17, 15) is 9.59 Å². The first kappa shape index (κ1) is 18.8. The number of amides is 3. The fourth-order valence-electron chi connectivity index (χ4n) is 4.14. The van der Waals surface area contributed by atoms with E-state index in [1.54, 1.807) is 30.2 Å². The summed E-state index contributed by atoms with van der Waals surface area (Å²) in [4.78, 5) is 29.7. The lowest BCUT2D eigenvalue weighted by Crippen LogP contribution is -2.62. The first-order valence-corrected chi connectivity index (χ1v) is 9.61. The molecule has 1 spiro atoms. The van der Waals surface area contributed by atoms with Crippen LogP contribution >= 0.6 is 11.6 Å². The number of anilines is 1. The maximum absolute atomic E-state index is 13.1. The van der Waals surface area contributed by atoms with Gasteiger partial charge in [-0.25, -0.2) is 4.79 Å². The summed E-state index contributed by atoms with van der Waals surface area (Å²) in [7, 11) is 1.55. The Morgan fingerprint density at radius 2 is 2.04 bits per heavy atom. The summed E-state index contributed by atoms with van der Waals surface area (Å²) in [5.41, 5.74) is -0.0927. The minimum atomic E-state index is -0.687. The zero-order chi connectivity index (χ0) is 18.7. The van der Waals surface area contributed by atoms with Crippen LogP contribution in [0.2, 0.25) is 5.02 Å². The van der Waals surface area contributed by atoms with Crippen LogP contribution in [0, 0.1) is 0 Å². The fraction of sp³-hybridized carbons (Fsp3) is 0.579. The molecule has 1 unspecified atom stereocenters. The summed E-state index contributed by atoms with van der Waals surface area (Å²) in [6.07, 6.45) is 4.19. The number of methoxy groups -OCH3 is 1. The standard InChI is InChI=1S/C19H26ClN3O3/c1-3-10-22-11-4-8-19(17(22)24)9-5-12-23(19)18(25)21-14-6-7-16(26-2)15(20)13-14/h6-7,13H,3-5,8-12H2,1-2H3,(H,21,25). The second-order valence-corrected chi connectivity index (χ2v) is 7.37. The van der Waals surface area contributed by atoms with Crippen LogP contribution in [0.15, 0.2) is 18.2 Å². The summed E-state index contributed by atoms with van der Waals surface area (Å²) in [5, 5.41) is 3.33. The quantitative estimate of drug-likeness (QED) is 0.866. The van der Waals surface area contributed by atoms with Crippen LogP contribution in [0.4, 0.5) is 10.5 Å². The van der Waals surface area contributed by atoms with Gasteiger partial charge in [-0.05, 0) is 50.3 Å². The number of nitrogens with one attached hydrogen (secondary N) is 1. The molecular weight excluding hydrogens is 354 g/mol. The maximum Gasteiger partial charge on any atom is 0.322 e. The average molecular weight is 380 g/mol. The van der Waals surface area contributed by atoms with E-state index in [-0.39, 0.29) is 11.9 Å². The lowest BCUT2D eigenvalue weighted by atomic mass is 9.85. The molecule has 2 fully saturated rings. The van der Waals surface area contributed by atoms with Crippen molar-refractivity contribution in [2.24, 2.45) is 0 Å². The number of halogens is 1. The number of piperidine rings is 1. The average Bonchev–Trinajstić information content (AvgIpc) is 3.04. The van der Waals surface area contributed by atoms with Crippen molar-refractivity contribution in [1.82, 2.24) is 9.80 Å². The molecule has 0 radical (unpaired) electrons. The minimum Gasteiger partial charge on any atom is -0.495 e. The van der Waals surface area contributed by atoms with Gasteiger partial charge in [-0.2, -0.15) is 0 Å². The van der Waals surface area contributed by atoms with Crippen LogP contribution in [-0.4, -0.2) is 54.0 Å². The topological polar surface area (TPSA) is 61.9 Å². The van der Waals surface area contributed by atoms with Gasteiger partial charge in [0.25, 0.3) is 0 Å². The summed E-state index contributed by atoms with van der Waals surface area (Å²) in [6, 6.07) is 4.88. The van der Waals surface area contributed by atoms with E-state index >= 15 is 0 Å². The van der Waals surface area contributed by atoms with Crippen molar-refractivity contribution < 1.29 is 14.3 Å². The molecule has 0 aliphatic carbocycles. The molecule has 2 heterocycles. The van der Waals surface area contributed by atoms with E-state index in [2.05, 4.69) is 12.2 Å². The van der Waals surface area contributed by atoms with E-state index in [1.165, 1.54) is 0 Å². The highest BCUT2D eigenvalue weighted by molar-refractivity contribution is 6.32. The van der Waals surface area contributed by atoms with Crippen molar-refractivity contribution in [2.75, 3.05) is 32.1 Å². The summed E-state index contributed by atoms with van der Waals surface area (Å²) in [6.45, 7) is 4.21. The molecule has 142 valence electrons. The molecule has 1 aromatic carbocycles. The normalized spacial score (nSPS) is 22.8. The van der Waals surface area contributed by atoms with E-state index in [0.717, 1.165) is 45.2 Å². The Morgan fingerprint density at radius 3 is 2.69 bits per heavy atom. The summed E-state index contributed by atoms with van der Waals surface area (Å²) < 4.78 is 5.14. The summed E-state index contributed by atoms with van der Waals surface area (Å²) >= 11 is 6.14. The highest BCUT2D eigenvalue weighted by Gasteiger charge is 2.52. The third kappa shape index (κ3) is 3.34. The Balaban J connectivity index is 1.78. The van der Waals surface area contributed by atoms with Gasteiger partial charge in [-0.15, -0.1) is 0 Å². The second kappa shape index (κ2) is 7.74. The number of hydrogen-bond acceptors (Lipinski definition) is 3. The molecular formula is C19H26ClN3O3. The van der Waals surface area contributed by atoms with Crippen molar-refractivity contribution in [2.45, 2.75) is 44.6 Å². The molecule has 0 bridgehead atoms. The lowest BCUT2D eigenvalue weighted by molar-refractivity contribution is -0.145. The van der Waals surface area contributed by atoms with E-state index in [1.807, 2.05) is 4.90 Å². The Kier molecular flexibility index (Phi) is 5.61. The number of urea groups is 1. The Labute approximate surface area is 159 Å². The molecule has 2 aliphatic heterocycles. The van der Waals surface area contributed by atoms with E-state index < -0.39 is 5.54 Å². The van der Waals surface area contributed by atoms with Gasteiger partial charge in [-0.1, -0.05) is 18.5 Å². The van der Waals surface area contributed by atoms with Crippen molar-refractivity contribution in [3.05, 3.63) is 23.2 Å². The van der Waals surface area contributed by atoms with Crippen molar-refractivity contribution in [1.29, 1.82) is 0 Å². The number of carbonyl (C=O) groups is 2. The minimum absolute atomic E-state index is 0.103. The van der Waals surface area contributed by atoms with Gasteiger partial charge in [0.1, 0.15) is 11.3 Å². The highest BCUT2D eigenvalue weighted by Crippen LogP contribution is 2.39. The van der Waals surface area contributed by atoms with Gasteiger partial charge < -0.3 is 19.9 Å². The third-order valence-corrected chi connectivity index (χ3v) is 5.63. The zero-order valence-electron chi connectivity index (χ0n) is 15.4. The Bertz CT molecular complexity index is 695. The van der Waals surface area contributed by atoms with Crippen molar-refractivity contribution in [3.63, 3.8) is 0 Å². The smallest absolute Gasteiger partial charge is 0.322 e. The number of hydrogen-bond donors (Lipinski definition) is 1. The Hall–Kier alpha value is -1.95. The largest absolute Gasteiger partial charge is 0.495 e. The molecule has 2 aliphatic rings. The van der Waals surface area contributed by atoms with Crippen LogP contribution < -0.4 is 10.1 Å². The van der Waals surface area contributed by atoms with Gasteiger partial charge >= 0.3 is 6.03 Å². The summed E-state index contributed by atoms with van der Waals surface area (Å²) in [5.74, 6) is 0.658. The predicted molar refractivity (Wildman–Crippen MR) is 102 cm³/mol. The maximum atomic E-state index is 13.1. The first-order chi connectivity index (χ1) is 12.5. The molecule has 1 atom stereocenters. The first-order valence-electron chi connectivity index (χ1n) is 9.23. The molecule has 6 nitrogen and oxygen atoms in total. The fourth-order valence-corrected chi connectivity index (χ4v) is 4.40. The van der Waals surface area contributed by atoms with Gasteiger partial charge in [0, 0.05) is 25.3 Å². The number of ether oxygens (including phenoxy) is 1. The number of likely N-dealkylation sites (tertiary alicyclic amines) is 2. The molecule has 3 amide bonds. The van der Waals surface area contributed by atoms with E-state index in [0.29, 0.717) is 23.0 Å². The predicted octanol–water partition coefficient (Wildman–Crippen LogP) is 3.75. The number of benzene rings is 1. The highest BCUT2D eigenvalue weighted by atomic mass is 35.5. The van der Waals surface area contributed by atoms with Crippen LogP contribution in [0.1, 0.15) is 39.0 Å². The number of carbonyl (C=O) groups excluding carboxylic acids is 2. The molecule has 3 rings (SSSR count). The molecule has 1 aromatic rings. The monoisotopic (exact) mass is 379 g/mol. The molecule has 2 saturated heterocycles. The van der Waals surface area contributed by atoms with Crippen LogP contribution in [0.3, 0.4) is 0 Å². The van der Waals surface area contributed by atoms with Gasteiger partial charge in [0.2, 0.25) is 5.91 Å². The Morgan fingerprint density at radius 1 is 1.31 bits per heavy atom. The molecule has 7 heteroatoms. The van der Waals surface area contributed by atoms with Gasteiger partial charge in [-0.3, -0.25) is 4.79 Å².